The molecule has 1 fully saturated rings. The van der Waals surface area contributed by atoms with Gasteiger partial charge in [0.2, 0.25) is 0 Å². The van der Waals surface area contributed by atoms with Crippen LogP contribution in [-0.4, -0.2) is 13.0 Å². The summed E-state index contributed by atoms with van der Waals surface area (Å²) < 4.78 is 132. The Morgan fingerprint density at radius 2 is 1.46 bits per heavy atom. The van der Waals surface area contributed by atoms with E-state index in [1.54, 1.807) is 6.07 Å². The van der Waals surface area contributed by atoms with E-state index in [1.165, 1.54) is 12.1 Å². The van der Waals surface area contributed by atoms with Crippen molar-refractivity contribution in [1.29, 1.82) is 0 Å². The summed E-state index contributed by atoms with van der Waals surface area (Å²) in [6.45, 7) is 2.65. The lowest BCUT2D eigenvalue weighted by Crippen LogP contribution is -2.28. The molecule has 1 aliphatic rings. The van der Waals surface area contributed by atoms with Crippen molar-refractivity contribution in [1.82, 2.24) is 0 Å². The van der Waals surface area contributed by atoms with Crippen LogP contribution >= 0.6 is 0 Å². The van der Waals surface area contributed by atoms with E-state index in [2.05, 4.69) is 11.7 Å². The zero-order valence-corrected chi connectivity index (χ0v) is 20.5. The predicted molar refractivity (Wildman–Crippen MR) is 125 cm³/mol. The molecule has 1 saturated heterocycles. The number of hydrogen-bond acceptors (Lipinski definition) is 2. The van der Waals surface area contributed by atoms with Gasteiger partial charge in [0.1, 0.15) is 23.3 Å². The van der Waals surface area contributed by atoms with Crippen LogP contribution in [0.1, 0.15) is 49.8 Å². The van der Waals surface area contributed by atoms with Crippen molar-refractivity contribution in [2.24, 2.45) is 5.92 Å². The average molecular weight is 562 g/mol. The minimum atomic E-state index is -5.77. The molecule has 3 aromatic carbocycles. The Morgan fingerprint density at radius 3 is 2.00 bits per heavy atom. The van der Waals surface area contributed by atoms with E-state index in [-0.39, 0.29) is 29.4 Å². The first-order valence-corrected chi connectivity index (χ1v) is 12.1. The number of benzene rings is 3. The van der Waals surface area contributed by atoms with Crippen molar-refractivity contribution >= 4 is 0 Å². The molecule has 0 spiro atoms. The highest BCUT2D eigenvalue weighted by atomic mass is 19.4. The average Bonchev–Trinajstić information content (AvgIpc) is 2.82. The minimum Gasteiger partial charge on any atom is -0.373 e. The summed E-state index contributed by atoms with van der Waals surface area (Å²) in [6, 6.07) is 6.89. The molecule has 39 heavy (non-hydrogen) atoms. The third-order valence-corrected chi connectivity index (χ3v) is 6.60. The van der Waals surface area contributed by atoms with E-state index in [9.17, 15) is 39.5 Å². The van der Waals surface area contributed by atoms with E-state index >= 15 is 0 Å². The fourth-order valence-corrected chi connectivity index (χ4v) is 4.78. The van der Waals surface area contributed by atoms with Gasteiger partial charge < -0.3 is 4.74 Å². The van der Waals surface area contributed by atoms with Crippen molar-refractivity contribution in [3.63, 3.8) is 0 Å². The SMILES string of the molecule is CCCC1CCC(c2ccc(-c3cc(F)c(-c4ccc(C(F)(F)OC(F)(F)F)c(F)c4)c(F)c3)c(F)c2)OC1. The van der Waals surface area contributed by atoms with Gasteiger partial charge in [0, 0.05) is 5.56 Å². The fraction of sp³-hybridized carbons (Fsp3) is 0.357. The summed E-state index contributed by atoms with van der Waals surface area (Å²) in [4.78, 5) is 0. The highest BCUT2D eigenvalue weighted by Gasteiger charge is 2.47. The second-order valence-corrected chi connectivity index (χ2v) is 9.37. The van der Waals surface area contributed by atoms with Gasteiger partial charge in [0.15, 0.2) is 0 Å². The molecule has 2 nitrogen and oxygen atoms in total. The fourth-order valence-electron chi connectivity index (χ4n) is 4.78. The van der Waals surface area contributed by atoms with Gasteiger partial charge in [-0.1, -0.05) is 31.5 Å². The van der Waals surface area contributed by atoms with E-state index < -0.39 is 52.4 Å². The molecule has 0 radical (unpaired) electrons. The van der Waals surface area contributed by atoms with Crippen molar-refractivity contribution in [3.05, 3.63) is 82.9 Å². The highest BCUT2D eigenvalue weighted by Crippen LogP contribution is 2.40. The second-order valence-electron chi connectivity index (χ2n) is 9.37. The monoisotopic (exact) mass is 562 g/mol. The van der Waals surface area contributed by atoms with E-state index in [0.717, 1.165) is 31.4 Å². The molecule has 2 unspecified atom stereocenters. The van der Waals surface area contributed by atoms with Crippen LogP contribution in [0.5, 0.6) is 0 Å². The van der Waals surface area contributed by atoms with Gasteiger partial charge in [-0.3, -0.25) is 0 Å². The Bertz CT molecular complexity index is 1310. The van der Waals surface area contributed by atoms with Gasteiger partial charge in [-0.05, 0) is 72.2 Å². The summed E-state index contributed by atoms with van der Waals surface area (Å²) in [6.07, 6.45) is -7.41. The summed E-state index contributed by atoms with van der Waals surface area (Å²) in [5, 5.41) is 0. The third-order valence-electron chi connectivity index (χ3n) is 6.60. The lowest BCUT2D eigenvalue weighted by Gasteiger charge is -2.29. The highest BCUT2D eigenvalue weighted by molar-refractivity contribution is 5.72. The zero-order valence-electron chi connectivity index (χ0n) is 20.5. The molecule has 0 amide bonds. The molecule has 0 bridgehead atoms. The topological polar surface area (TPSA) is 18.5 Å². The van der Waals surface area contributed by atoms with Crippen LogP contribution < -0.4 is 0 Å². The number of hydrogen-bond donors (Lipinski definition) is 0. The Morgan fingerprint density at radius 1 is 0.795 bits per heavy atom. The predicted octanol–water partition coefficient (Wildman–Crippen LogP) is 9.43. The van der Waals surface area contributed by atoms with Crippen LogP contribution in [0.15, 0.2) is 48.5 Å². The molecule has 0 N–H and O–H groups in total. The first-order valence-electron chi connectivity index (χ1n) is 12.1. The van der Waals surface area contributed by atoms with Gasteiger partial charge >= 0.3 is 12.5 Å². The summed E-state index contributed by atoms with van der Waals surface area (Å²) >= 11 is 0. The van der Waals surface area contributed by atoms with Crippen LogP contribution in [0.2, 0.25) is 0 Å². The van der Waals surface area contributed by atoms with Crippen molar-refractivity contribution < 1.29 is 49.0 Å². The van der Waals surface area contributed by atoms with Gasteiger partial charge in [0.25, 0.3) is 0 Å². The van der Waals surface area contributed by atoms with Crippen LogP contribution in [0.25, 0.3) is 22.3 Å². The van der Waals surface area contributed by atoms with Crippen LogP contribution in [0, 0.1) is 29.2 Å². The Hall–Kier alpha value is -3.05. The lowest BCUT2D eigenvalue weighted by molar-refractivity contribution is -0.432. The Balaban J connectivity index is 1.58. The lowest BCUT2D eigenvalue weighted by atomic mass is 9.91. The molecule has 11 heteroatoms. The zero-order chi connectivity index (χ0) is 28.5. The third kappa shape index (κ3) is 6.58. The number of halogens is 9. The maximum absolute atomic E-state index is 15.0. The first-order chi connectivity index (χ1) is 18.3. The quantitative estimate of drug-likeness (QED) is 0.267. The molecule has 4 rings (SSSR count). The molecule has 1 aliphatic heterocycles. The molecular formula is C28H23F9O2. The molecule has 210 valence electrons. The number of rotatable bonds is 7. The smallest absolute Gasteiger partial charge is 0.373 e. The van der Waals surface area contributed by atoms with Gasteiger partial charge in [-0.2, -0.15) is 8.78 Å². The molecule has 0 aromatic heterocycles. The van der Waals surface area contributed by atoms with Gasteiger partial charge in [-0.15, -0.1) is 13.2 Å². The van der Waals surface area contributed by atoms with Crippen molar-refractivity contribution in [3.8, 4) is 22.3 Å². The first kappa shape index (κ1) is 28.9. The standard InChI is InChI=1S/C28H23F9O2/c1-2-3-15-4-9-25(38-14-15)16-5-7-19(21(29)10-16)18-12-23(31)26(24(32)13-18)17-6-8-20(22(30)11-17)27(33,34)39-28(35,36)37/h5-8,10-13,15,25H,2-4,9,14H2,1H3. The van der Waals surface area contributed by atoms with Crippen molar-refractivity contribution in [2.75, 3.05) is 6.61 Å². The summed E-state index contributed by atoms with van der Waals surface area (Å²) in [5.41, 5.74) is -2.87. The summed E-state index contributed by atoms with van der Waals surface area (Å²) in [5.74, 6) is -4.71. The second kappa shape index (κ2) is 11.2. The molecule has 2 atom stereocenters. The van der Waals surface area contributed by atoms with Crippen LogP contribution in [0.3, 0.4) is 0 Å². The Kier molecular flexibility index (Phi) is 8.32. The van der Waals surface area contributed by atoms with Gasteiger partial charge in [-0.25, -0.2) is 22.3 Å². The van der Waals surface area contributed by atoms with Crippen LogP contribution in [0.4, 0.5) is 39.5 Å². The molecule has 1 heterocycles. The van der Waals surface area contributed by atoms with E-state index in [1.807, 2.05) is 0 Å². The normalized spacial score (nSPS) is 18.4. The number of ether oxygens (including phenoxy) is 2. The Labute approximate surface area is 218 Å². The maximum atomic E-state index is 15.0. The van der Waals surface area contributed by atoms with Crippen LogP contribution in [-0.2, 0) is 15.6 Å². The van der Waals surface area contributed by atoms with Crippen molar-refractivity contribution in [2.45, 2.75) is 51.2 Å². The number of alkyl halides is 5. The maximum Gasteiger partial charge on any atom is 0.527 e. The largest absolute Gasteiger partial charge is 0.527 e. The molecule has 0 saturated carbocycles. The molecule has 3 aromatic rings. The molecular weight excluding hydrogens is 539 g/mol. The van der Waals surface area contributed by atoms with E-state index in [4.69, 9.17) is 4.74 Å². The molecule has 0 aliphatic carbocycles. The van der Waals surface area contributed by atoms with Gasteiger partial charge in [0.05, 0.1) is 23.8 Å². The van der Waals surface area contributed by atoms with E-state index in [0.29, 0.717) is 30.6 Å². The summed E-state index contributed by atoms with van der Waals surface area (Å²) in [7, 11) is 0. The minimum absolute atomic E-state index is 0.117.